The molecule has 0 amide bonds. The summed E-state index contributed by atoms with van der Waals surface area (Å²) < 4.78 is 1.23. The van der Waals surface area contributed by atoms with Gasteiger partial charge in [0, 0.05) is 14.6 Å². The van der Waals surface area contributed by atoms with Crippen molar-refractivity contribution in [1.82, 2.24) is 5.32 Å². The average molecular weight is 308 g/mol. The number of hydrogen-bond acceptors (Lipinski definition) is 1. The molecule has 1 atom stereocenters. The van der Waals surface area contributed by atoms with Gasteiger partial charge in [0.05, 0.1) is 0 Å². The van der Waals surface area contributed by atoms with Crippen molar-refractivity contribution in [2.45, 2.75) is 18.9 Å². The topological polar surface area (TPSA) is 12.0 Å². The van der Waals surface area contributed by atoms with Crippen molar-refractivity contribution in [2.24, 2.45) is 0 Å². The van der Waals surface area contributed by atoms with Crippen LogP contribution in [0.2, 0.25) is 5.02 Å². The van der Waals surface area contributed by atoms with Crippen molar-refractivity contribution in [3.63, 3.8) is 0 Å². The predicted molar refractivity (Wildman–Crippen MR) is 64.3 cm³/mol. The van der Waals surface area contributed by atoms with Gasteiger partial charge in [-0.1, -0.05) is 11.6 Å². The van der Waals surface area contributed by atoms with E-state index in [1.165, 1.54) is 21.1 Å². The minimum atomic E-state index is 0.458. The first kappa shape index (κ1) is 9.74. The Morgan fingerprint density at radius 2 is 2.31 bits per heavy atom. The van der Waals surface area contributed by atoms with E-state index in [9.17, 15) is 0 Å². The first-order chi connectivity index (χ1) is 6.22. The molecule has 0 radical (unpaired) electrons. The molecule has 1 unspecified atom stereocenters. The normalized spacial score (nSPS) is 20.4. The first-order valence-electron chi connectivity index (χ1n) is 4.37. The molecule has 1 aromatic rings. The first-order valence-corrected chi connectivity index (χ1v) is 5.83. The summed E-state index contributed by atoms with van der Waals surface area (Å²) >= 11 is 8.52. The van der Waals surface area contributed by atoms with Crippen LogP contribution in [-0.4, -0.2) is 7.05 Å². The van der Waals surface area contributed by atoms with E-state index in [0.717, 1.165) is 11.4 Å². The molecule has 2 rings (SSSR count). The van der Waals surface area contributed by atoms with Crippen LogP contribution in [-0.2, 0) is 6.42 Å². The quantitative estimate of drug-likeness (QED) is 0.786. The summed E-state index contributed by atoms with van der Waals surface area (Å²) in [7, 11) is 1.99. The maximum atomic E-state index is 6.20. The second kappa shape index (κ2) is 3.75. The lowest BCUT2D eigenvalue weighted by atomic mass is 10.1. The minimum absolute atomic E-state index is 0.458. The van der Waals surface area contributed by atoms with Crippen molar-refractivity contribution in [3.05, 3.63) is 31.9 Å². The van der Waals surface area contributed by atoms with Crippen molar-refractivity contribution in [1.29, 1.82) is 0 Å². The molecule has 0 spiro atoms. The number of rotatable bonds is 1. The smallest absolute Gasteiger partial charge is 0.0467 e. The summed E-state index contributed by atoms with van der Waals surface area (Å²) in [4.78, 5) is 0. The summed E-state index contributed by atoms with van der Waals surface area (Å²) in [6.45, 7) is 0. The lowest BCUT2D eigenvalue weighted by Crippen LogP contribution is -2.13. The van der Waals surface area contributed by atoms with E-state index in [2.05, 4.69) is 34.0 Å². The van der Waals surface area contributed by atoms with Crippen molar-refractivity contribution in [2.75, 3.05) is 7.05 Å². The number of aryl methyl sites for hydroxylation is 1. The molecule has 1 N–H and O–H groups in total. The molecule has 1 aliphatic carbocycles. The molecular weight excluding hydrogens is 296 g/mol. The van der Waals surface area contributed by atoms with Crippen LogP contribution in [0.15, 0.2) is 12.1 Å². The number of hydrogen-bond donors (Lipinski definition) is 1. The maximum Gasteiger partial charge on any atom is 0.0467 e. The zero-order valence-electron chi connectivity index (χ0n) is 7.40. The molecular formula is C10H11ClIN. The van der Waals surface area contributed by atoms with Crippen molar-refractivity contribution in [3.8, 4) is 0 Å². The van der Waals surface area contributed by atoms with Crippen molar-refractivity contribution < 1.29 is 0 Å². The zero-order valence-corrected chi connectivity index (χ0v) is 10.3. The number of fused-ring (bicyclic) bond motifs is 1. The van der Waals surface area contributed by atoms with Gasteiger partial charge in [-0.25, -0.2) is 0 Å². The lowest BCUT2D eigenvalue weighted by molar-refractivity contribution is 0.590. The summed E-state index contributed by atoms with van der Waals surface area (Å²) in [5.74, 6) is 0. The van der Waals surface area contributed by atoms with E-state index in [1.807, 2.05) is 13.1 Å². The highest BCUT2D eigenvalue weighted by Crippen LogP contribution is 2.37. The number of nitrogens with one attached hydrogen (secondary N) is 1. The van der Waals surface area contributed by atoms with Crippen LogP contribution in [0.25, 0.3) is 0 Å². The molecule has 0 fully saturated rings. The molecule has 0 saturated carbocycles. The molecule has 13 heavy (non-hydrogen) atoms. The van der Waals surface area contributed by atoms with Crippen LogP contribution in [0.3, 0.4) is 0 Å². The Labute approximate surface area is 97.0 Å². The third-order valence-corrected chi connectivity index (χ3v) is 3.51. The van der Waals surface area contributed by atoms with E-state index < -0.39 is 0 Å². The van der Waals surface area contributed by atoms with Gasteiger partial charge in [-0.3, -0.25) is 0 Å². The monoisotopic (exact) mass is 307 g/mol. The average Bonchev–Trinajstić information content (AvgIpc) is 2.47. The van der Waals surface area contributed by atoms with E-state index >= 15 is 0 Å². The van der Waals surface area contributed by atoms with Crippen molar-refractivity contribution >= 4 is 34.2 Å². The Balaban J connectivity index is 2.51. The predicted octanol–water partition coefficient (Wildman–Crippen LogP) is 3.15. The van der Waals surface area contributed by atoms with Gasteiger partial charge in [0.15, 0.2) is 0 Å². The lowest BCUT2D eigenvalue weighted by Gasteiger charge is -2.11. The molecule has 0 bridgehead atoms. The van der Waals surface area contributed by atoms with Gasteiger partial charge in [-0.2, -0.15) is 0 Å². The van der Waals surface area contributed by atoms with Gasteiger partial charge in [0.25, 0.3) is 0 Å². The highest BCUT2D eigenvalue weighted by molar-refractivity contribution is 14.1. The highest BCUT2D eigenvalue weighted by atomic mass is 127. The second-order valence-electron chi connectivity index (χ2n) is 3.34. The van der Waals surface area contributed by atoms with Crippen LogP contribution in [0.5, 0.6) is 0 Å². The van der Waals surface area contributed by atoms with Gasteiger partial charge in [0.1, 0.15) is 0 Å². The number of halogens is 2. The molecule has 0 saturated heterocycles. The van der Waals surface area contributed by atoms with Crippen LogP contribution in [0, 0.1) is 3.57 Å². The molecule has 70 valence electrons. The van der Waals surface area contributed by atoms with Gasteiger partial charge in [0.2, 0.25) is 0 Å². The fourth-order valence-corrected chi connectivity index (χ4v) is 3.21. The van der Waals surface area contributed by atoms with Gasteiger partial charge < -0.3 is 5.32 Å². The zero-order chi connectivity index (χ0) is 9.42. The second-order valence-corrected chi connectivity index (χ2v) is 4.99. The SMILES string of the molecule is CNC1CCc2cc(I)cc(Cl)c21. The number of benzene rings is 1. The molecule has 1 aliphatic rings. The van der Waals surface area contributed by atoms with E-state index in [-0.39, 0.29) is 0 Å². The third-order valence-electron chi connectivity index (χ3n) is 2.58. The molecule has 0 aromatic heterocycles. The van der Waals surface area contributed by atoms with Crippen LogP contribution >= 0.6 is 34.2 Å². The molecule has 0 aliphatic heterocycles. The van der Waals surface area contributed by atoms with Gasteiger partial charge in [-0.05, 0) is 65.7 Å². The fourth-order valence-electron chi connectivity index (χ4n) is 1.97. The fraction of sp³-hybridized carbons (Fsp3) is 0.400. The summed E-state index contributed by atoms with van der Waals surface area (Å²) in [5.41, 5.74) is 2.72. The van der Waals surface area contributed by atoms with E-state index in [0.29, 0.717) is 6.04 Å². The Hall–Kier alpha value is 0.200. The molecule has 0 heterocycles. The van der Waals surface area contributed by atoms with Crippen LogP contribution < -0.4 is 5.32 Å². The van der Waals surface area contributed by atoms with Gasteiger partial charge in [-0.15, -0.1) is 0 Å². The molecule has 1 nitrogen and oxygen atoms in total. The Bertz CT molecular complexity index is 338. The molecule has 1 aromatic carbocycles. The van der Waals surface area contributed by atoms with Gasteiger partial charge >= 0.3 is 0 Å². The van der Waals surface area contributed by atoms with Crippen LogP contribution in [0.4, 0.5) is 0 Å². The molecule has 3 heteroatoms. The largest absolute Gasteiger partial charge is 0.313 e. The Morgan fingerprint density at radius 1 is 1.54 bits per heavy atom. The summed E-state index contributed by atoms with van der Waals surface area (Å²) in [6.07, 6.45) is 2.32. The van der Waals surface area contributed by atoms with Crippen LogP contribution in [0.1, 0.15) is 23.6 Å². The highest BCUT2D eigenvalue weighted by Gasteiger charge is 2.23. The Kier molecular flexibility index (Phi) is 2.81. The Morgan fingerprint density at radius 3 is 3.00 bits per heavy atom. The minimum Gasteiger partial charge on any atom is -0.313 e. The maximum absolute atomic E-state index is 6.20. The third kappa shape index (κ3) is 1.72. The summed E-state index contributed by atoms with van der Waals surface area (Å²) in [6, 6.07) is 4.73. The van der Waals surface area contributed by atoms with E-state index in [1.54, 1.807) is 0 Å². The summed E-state index contributed by atoms with van der Waals surface area (Å²) in [5, 5.41) is 4.21. The standard InChI is InChI=1S/C10H11ClIN/c1-13-9-3-2-6-4-7(12)5-8(11)10(6)9/h4-5,9,13H,2-3H2,1H3. The van der Waals surface area contributed by atoms with E-state index in [4.69, 9.17) is 11.6 Å².